The minimum absolute atomic E-state index is 0.137. The number of rotatable bonds is 10. The molecule has 2 atom stereocenters. The van der Waals surface area contributed by atoms with E-state index < -0.39 is 12.1 Å². The Labute approximate surface area is 161 Å². The van der Waals surface area contributed by atoms with Crippen LogP contribution in [0, 0.1) is 5.92 Å². The SMILES string of the molecule is CCCNC(=O)[C@H](C)NC(=O)[C@H](NC(=O)c1ccc(OCC)cc1)C(C)C. The molecule has 7 heteroatoms. The van der Waals surface area contributed by atoms with Crippen LogP contribution in [0.15, 0.2) is 24.3 Å². The highest BCUT2D eigenvalue weighted by atomic mass is 16.5. The molecule has 0 spiro atoms. The molecule has 3 N–H and O–H groups in total. The Morgan fingerprint density at radius 2 is 1.59 bits per heavy atom. The van der Waals surface area contributed by atoms with Crippen LogP contribution in [0.3, 0.4) is 0 Å². The average Bonchev–Trinajstić information content (AvgIpc) is 2.64. The van der Waals surface area contributed by atoms with Crippen LogP contribution in [0.4, 0.5) is 0 Å². The van der Waals surface area contributed by atoms with Gasteiger partial charge >= 0.3 is 0 Å². The van der Waals surface area contributed by atoms with Gasteiger partial charge in [0.05, 0.1) is 6.61 Å². The third-order valence-corrected chi connectivity index (χ3v) is 3.96. The van der Waals surface area contributed by atoms with Gasteiger partial charge in [-0.3, -0.25) is 14.4 Å². The molecule has 3 amide bonds. The molecule has 7 nitrogen and oxygen atoms in total. The molecular formula is C20H31N3O4. The largest absolute Gasteiger partial charge is 0.494 e. The molecule has 0 bridgehead atoms. The monoisotopic (exact) mass is 377 g/mol. The average molecular weight is 377 g/mol. The molecule has 1 aromatic rings. The van der Waals surface area contributed by atoms with Gasteiger partial charge in [-0.25, -0.2) is 0 Å². The highest BCUT2D eigenvalue weighted by Crippen LogP contribution is 2.13. The zero-order valence-corrected chi connectivity index (χ0v) is 16.8. The molecule has 1 rings (SSSR count). The van der Waals surface area contributed by atoms with Gasteiger partial charge in [0.15, 0.2) is 0 Å². The Bertz CT molecular complexity index is 629. The quantitative estimate of drug-likeness (QED) is 0.580. The van der Waals surface area contributed by atoms with E-state index in [1.165, 1.54) is 0 Å². The van der Waals surface area contributed by atoms with Crippen molar-refractivity contribution >= 4 is 17.7 Å². The highest BCUT2D eigenvalue weighted by molar-refractivity contribution is 5.98. The van der Waals surface area contributed by atoms with Gasteiger partial charge in [0.25, 0.3) is 5.91 Å². The molecule has 0 saturated carbocycles. The first-order valence-electron chi connectivity index (χ1n) is 9.41. The summed E-state index contributed by atoms with van der Waals surface area (Å²) in [6, 6.07) is 5.30. The number of amides is 3. The standard InChI is InChI=1S/C20H31N3O4/c1-6-12-21-18(24)14(5)22-20(26)17(13(3)4)23-19(25)15-8-10-16(11-9-15)27-7-2/h8-11,13-14,17H,6-7,12H2,1-5H3,(H,21,24)(H,22,26)(H,23,25)/t14-,17+/m0/s1. The molecule has 150 valence electrons. The number of hydrogen-bond acceptors (Lipinski definition) is 4. The number of benzene rings is 1. The minimum atomic E-state index is -0.745. The van der Waals surface area contributed by atoms with Crippen LogP contribution in [-0.4, -0.2) is 43.0 Å². The van der Waals surface area contributed by atoms with Crippen molar-refractivity contribution in [2.75, 3.05) is 13.2 Å². The van der Waals surface area contributed by atoms with Crippen molar-refractivity contribution in [1.29, 1.82) is 0 Å². The Hall–Kier alpha value is -2.57. The summed E-state index contributed by atoms with van der Waals surface area (Å²) < 4.78 is 5.36. The van der Waals surface area contributed by atoms with Crippen molar-refractivity contribution < 1.29 is 19.1 Å². The number of nitrogens with one attached hydrogen (secondary N) is 3. The lowest BCUT2D eigenvalue weighted by atomic mass is 10.0. The molecule has 27 heavy (non-hydrogen) atoms. The van der Waals surface area contributed by atoms with Gasteiger partial charge < -0.3 is 20.7 Å². The lowest BCUT2D eigenvalue weighted by Gasteiger charge is -2.24. The second kappa shape index (κ2) is 11.2. The van der Waals surface area contributed by atoms with Crippen molar-refractivity contribution in [3.05, 3.63) is 29.8 Å². The van der Waals surface area contributed by atoms with Crippen molar-refractivity contribution in [3.8, 4) is 5.75 Å². The second-order valence-electron chi connectivity index (χ2n) is 6.67. The van der Waals surface area contributed by atoms with Crippen LogP contribution < -0.4 is 20.7 Å². The van der Waals surface area contributed by atoms with Crippen LogP contribution in [-0.2, 0) is 9.59 Å². The molecule has 0 radical (unpaired) electrons. The molecule has 0 aliphatic rings. The topological polar surface area (TPSA) is 96.5 Å². The van der Waals surface area contributed by atoms with Crippen LogP contribution in [0.2, 0.25) is 0 Å². The fourth-order valence-corrected chi connectivity index (χ4v) is 2.40. The van der Waals surface area contributed by atoms with Crippen molar-refractivity contribution in [2.24, 2.45) is 5.92 Å². The first-order chi connectivity index (χ1) is 12.8. The van der Waals surface area contributed by atoms with Gasteiger partial charge in [0, 0.05) is 12.1 Å². The second-order valence-corrected chi connectivity index (χ2v) is 6.67. The van der Waals surface area contributed by atoms with Gasteiger partial charge in [-0.05, 0) is 50.5 Å². The van der Waals surface area contributed by atoms with Crippen molar-refractivity contribution in [3.63, 3.8) is 0 Å². The van der Waals surface area contributed by atoms with E-state index in [4.69, 9.17) is 4.74 Å². The summed E-state index contributed by atoms with van der Waals surface area (Å²) >= 11 is 0. The third kappa shape index (κ3) is 7.29. The van der Waals surface area contributed by atoms with Crippen molar-refractivity contribution in [1.82, 2.24) is 16.0 Å². The maximum absolute atomic E-state index is 12.6. The van der Waals surface area contributed by atoms with E-state index in [0.29, 0.717) is 24.5 Å². The summed E-state index contributed by atoms with van der Waals surface area (Å²) in [4.78, 5) is 37.0. The number of ether oxygens (including phenoxy) is 1. The van der Waals surface area contributed by atoms with Crippen LogP contribution in [0.1, 0.15) is 51.4 Å². The van der Waals surface area contributed by atoms with Crippen molar-refractivity contribution in [2.45, 2.75) is 53.1 Å². The van der Waals surface area contributed by atoms with Gasteiger partial charge in [0.2, 0.25) is 11.8 Å². The fourth-order valence-electron chi connectivity index (χ4n) is 2.40. The summed E-state index contributed by atoms with van der Waals surface area (Å²) in [6.45, 7) is 10.2. The molecule has 0 heterocycles. The van der Waals surface area contributed by atoms with Crippen LogP contribution in [0.5, 0.6) is 5.75 Å². The number of carbonyl (C=O) groups excluding carboxylic acids is 3. The fraction of sp³-hybridized carbons (Fsp3) is 0.550. The maximum atomic E-state index is 12.6. The molecule has 0 aliphatic heterocycles. The molecule has 0 saturated heterocycles. The summed E-state index contributed by atoms with van der Waals surface area (Å²) in [5, 5.41) is 8.15. The molecule has 0 aromatic heterocycles. The van der Waals surface area contributed by atoms with E-state index in [0.717, 1.165) is 6.42 Å². The molecule has 0 aliphatic carbocycles. The van der Waals surface area contributed by atoms with Crippen LogP contribution in [0.25, 0.3) is 0 Å². The summed E-state index contributed by atoms with van der Waals surface area (Å²) in [7, 11) is 0. The van der Waals surface area contributed by atoms with E-state index >= 15 is 0 Å². The molecule has 0 fully saturated rings. The predicted molar refractivity (Wildman–Crippen MR) is 105 cm³/mol. The summed E-state index contributed by atoms with van der Waals surface area (Å²) in [6.07, 6.45) is 0.819. The first kappa shape index (κ1) is 22.5. The summed E-state index contributed by atoms with van der Waals surface area (Å²) in [5.74, 6) is -0.439. The highest BCUT2D eigenvalue weighted by Gasteiger charge is 2.27. The Morgan fingerprint density at radius 1 is 0.963 bits per heavy atom. The normalized spacial score (nSPS) is 12.8. The predicted octanol–water partition coefficient (Wildman–Crippen LogP) is 1.87. The van der Waals surface area contributed by atoms with Gasteiger partial charge in [0.1, 0.15) is 17.8 Å². The number of hydrogen-bond donors (Lipinski definition) is 3. The smallest absolute Gasteiger partial charge is 0.251 e. The molecule has 1 aromatic carbocycles. The van der Waals surface area contributed by atoms with E-state index in [9.17, 15) is 14.4 Å². The lowest BCUT2D eigenvalue weighted by molar-refractivity contribution is -0.130. The van der Waals surface area contributed by atoms with E-state index in [1.807, 2.05) is 27.7 Å². The minimum Gasteiger partial charge on any atom is -0.494 e. The Balaban J connectivity index is 2.72. The summed E-state index contributed by atoms with van der Waals surface area (Å²) in [5.41, 5.74) is 0.436. The lowest BCUT2D eigenvalue weighted by Crippen LogP contribution is -2.54. The van der Waals surface area contributed by atoms with Crippen LogP contribution >= 0.6 is 0 Å². The van der Waals surface area contributed by atoms with E-state index in [1.54, 1.807) is 31.2 Å². The zero-order chi connectivity index (χ0) is 20.4. The van der Waals surface area contributed by atoms with E-state index in [-0.39, 0.29) is 23.6 Å². The molecular weight excluding hydrogens is 346 g/mol. The maximum Gasteiger partial charge on any atom is 0.251 e. The van der Waals surface area contributed by atoms with Gasteiger partial charge in [-0.15, -0.1) is 0 Å². The van der Waals surface area contributed by atoms with E-state index in [2.05, 4.69) is 16.0 Å². The van der Waals surface area contributed by atoms with Gasteiger partial charge in [-0.2, -0.15) is 0 Å². The first-order valence-corrected chi connectivity index (χ1v) is 9.41. The Kier molecular flexibility index (Phi) is 9.33. The molecule has 0 unspecified atom stereocenters. The zero-order valence-electron chi connectivity index (χ0n) is 16.8. The third-order valence-electron chi connectivity index (χ3n) is 3.96. The Morgan fingerprint density at radius 3 is 2.11 bits per heavy atom. The number of carbonyl (C=O) groups is 3. The van der Waals surface area contributed by atoms with Gasteiger partial charge in [-0.1, -0.05) is 20.8 Å².